The number of aryl methyl sites for hydroxylation is 1. The first-order chi connectivity index (χ1) is 8.66. The maximum absolute atomic E-state index is 6.49. The van der Waals surface area contributed by atoms with Crippen molar-refractivity contribution >= 4 is 0 Å². The molecule has 0 aromatic heterocycles. The van der Waals surface area contributed by atoms with E-state index in [-0.39, 0.29) is 11.5 Å². The lowest BCUT2D eigenvalue weighted by Crippen LogP contribution is -2.46. The second kappa shape index (κ2) is 5.29. The Morgan fingerprint density at radius 3 is 2.56 bits per heavy atom. The first-order valence-corrected chi connectivity index (χ1v) is 6.79. The molecule has 0 amide bonds. The third-order valence-electron chi connectivity index (χ3n) is 4.45. The van der Waals surface area contributed by atoms with Gasteiger partial charge in [-0.2, -0.15) is 0 Å². The summed E-state index contributed by atoms with van der Waals surface area (Å²) in [5.41, 5.74) is 14.9. The molecule has 0 saturated heterocycles. The van der Waals surface area contributed by atoms with Gasteiger partial charge < -0.3 is 16.2 Å². The van der Waals surface area contributed by atoms with Crippen molar-refractivity contribution in [3.8, 4) is 5.75 Å². The Morgan fingerprint density at radius 1 is 1.39 bits per heavy atom. The van der Waals surface area contributed by atoms with Crippen LogP contribution < -0.4 is 16.2 Å². The predicted molar refractivity (Wildman–Crippen MR) is 74.6 cm³/mol. The third kappa shape index (κ3) is 2.13. The molecule has 1 fully saturated rings. The predicted octanol–water partition coefficient (Wildman–Crippen LogP) is 2.39. The van der Waals surface area contributed by atoms with Crippen LogP contribution in [0, 0.1) is 5.41 Å². The summed E-state index contributed by atoms with van der Waals surface area (Å²) in [6.45, 7) is 2.81. The number of hydrogen-bond acceptors (Lipinski definition) is 3. The minimum Gasteiger partial charge on any atom is -0.496 e. The van der Waals surface area contributed by atoms with Crippen LogP contribution in [0.4, 0.5) is 0 Å². The minimum atomic E-state index is -0.0160. The van der Waals surface area contributed by atoms with E-state index in [0.29, 0.717) is 6.54 Å². The molecule has 1 unspecified atom stereocenters. The monoisotopic (exact) mass is 248 g/mol. The molecule has 1 aromatic rings. The quantitative estimate of drug-likeness (QED) is 0.841. The zero-order chi connectivity index (χ0) is 13.2. The van der Waals surface area contributed by atoms with Crippen molar-refractivity contribution in [3.05, 3.63) is 29.3 Å². The number of hydrogen-bond donors (Lipinski definition) is 2. The zero-order valence-electron chi connectivity index (χ0n) is 11.4. The fourth-order valence-electron chi connectivity index (χ4n) is 2.85. The molecule has 0 aliphatic heterocycles. The third-order valence-corrected chi connectivity index (χ3v) is 4.45. The summed E-state index contributed by atoms with van der Waals surface area (Å²) in [5, 5.41) is 0. The normalized spacial score (nSPS) is 19.1. The second-order valence-corrected chi connectivity index (χ2v) is 5.33. The van der Waals surface area contributed by atoms with E-state index in [1.165, 1.54) is 12.0 Å². The molecule has 100 valence electrons. The van der Waals surface area contributed by atoms with Crippen LogP contribution in [0.5, 0.6) is 5.75 Å². The van der Waals surface area contributed by atoms with Crippen molar-refractivity contribution in [2.24, 2.45) is 16.9 Å². The molecule has 1 aromatic carbocycles. The van der Waals surface area contributed by atoms with Crippen LogP contribution in [0.3, 0.4) is 0 Å². The molecular weight excluding hydrogens is 224 g/mol. The van der Waals surface area contributed by atoms with Crippen LogP contribution >= 0.6 is 0 Å². The Hall–Kier alpha value is -1.06. The lowest BCUT2D eigenvalue weighted by atomic mass is 9.62. The van der Waals surface area contributed by atoms with Gasteiger partial charge in [-0.1, -0.05) is 25.5 Å². The van der Waals surface area contributed by atoms with Crippen LogP contribution in [0.25, 0.3) is 0 Å². The zero-order valence-corrected chi connectivity index (χ0v) is 11.4. The minimum absolute atomic E-state index is 0.0160. The molecule has 18 heavy (non-hydrogen) atoms. The van der Waals surface area contributed by atoms with E-state index in [9.17, 15) is 0 Å². The number of rotatable bonds is 5. The van der Waals surface area contributed by atoms with Crippen LogP contribution in [0.15, 0.2) is 18.2 Å². The molecule has 2 rings (SSSR count). The van der Waals surface area contributed by atoms with Crippen molar-refractivity contribution in [1.82, 2.24) is 0 Å². The average molecular weight is 248 g/mol. The number of benzene rings is 1. The fourth-order valence-corrected chi connectivity index (χ4v) is 2.85. The Morgan fingerprint density at radius 2 is 2.11 bits per heavy atom. The Balaban J connectivity index is 2.35. The van der Waals surface area contributed by atoms with Gasteiger partial charge in [0.15, 0.2) is 0 Å². The van der Waals surface area contributed by atoms with Gasteiger partial charge in [0.25, 0.3) is 0 Å². The van der Waals surface area contributed by atoms with Gasteiger partial charge in [-0.3, -0.25) is 0 Å². The van der Waals surface area contributed by atoms with E-state index in [1.54, 1.807) is 7.11 Å². The molecule has 0 spiro atoms. The molecule has 3 heteroatoms. The van der Waals surface area contributed by atoms with Crippen LogP contribution in [-0.2, 0) is 6.42 Å². The van der Waals surface area contributed by atoms with Gasteiger partial charge >= 0.3 is 0 Å². The van der Waals surface area contributed by atoms with Gasteiger partial charge in [0.2, 0.25) is 0 Å². The second-order valence-electron chi connectivity index (χ2n) is 5.33. The van der Waals surface area contributed by atoms with Crippen molar-refractivity contribution in [3.63, 3.8) is 0 Å². The molecule has 1 saturated carbocycles. The Kier molecular flexibility index (Phi) is 3.93. The molecule has 1 atom stereocenters. The highest BCUT2D eigenvalue weighted by Gasteiger charge is 2.42. The van der Waals surface area contributed by atoms with Crippen molar-refractivity contribution in [2.45, 2.75) is 38.6 Å². The Labute approximate surface area is 110 Å². The van der Waals surface area contributed by atoms with E-state index < -0.39 is 0 Å². The average Bonchev–Trinajstić information content (AvgIpc) is 2.37. The summed E-state index contributed by atoms with van der Waals surface area (Å²) in [7, 11) is 1.70. The van der Waals surface area contributed by atoms with Crippen molar-refractivity contribution in [2.75, 3.05) is 13.7 Å². The number of ether oxygens (including phenoxy) is 1. The van der Waals surface area contributed by atoms with E-state index in [4.69, 9.17) is 16.2 Å². The first kappa shape index (κ1) is 13.4. The maximum Gasteiger partial charge on any atom is 0.123 e. The number of methoxy groups -OCH3 is 1. The number of nitrogens with two attached hydrogens (primary N) is 2. The lowest BCUT2D eigenvalue weighted by Gasteiger charge is -2.46. The van der Waals surface area contributed by atoms with Gasteiger partial charge in [0.1, 0.15) is 5.75 Å². The Bertz CT molecular complexity index is 407. The summed E-state index contributed by atoms with van der Waals surface area (Å²) in [5.74, 6) is 0.888. The van der Waals surface area contributed by atoms with Gasteiger partial charge in [-0.05, 0) is 37.4 Å². The van der Waals surface area contributed by atoms with Gasteiger partial charge in [0.05, 0.1) is 7.11 Å². The largest absolute Gasteiger partial charge is 0.496 e. The van der Waals surface area contributed by atoms with Gasteiger partial charge in [-0.15, -0.1) is 0 Å². The van der Waals surface area contributed by atoms with Crippen LogP contribution in [-0.4, -0.2) is 13.7 Å². The molecule has 1 aliphatic carbocycles. The van der Waals surface area contributed by atoms with Crippen LogP contribution in [0.2, 0.25) is 0 Å². The molecular formula is C15H24N2O. The van der Waals surface area contributed by atoms with Crippen LogP contribution in [0.1, 0.15) is 43.4 Å². The SMILES string of the molecule is CCc1ccc(OC)c(C(N)C2(CN)CCC2)c1. The highest BCUT2D eigenvalue weighted by Crippen LogP contribution is 2.49. The highest BCUT2D eigenvalue weighted by atomic mass is 16.5. The van der Waals surface area contributed by atoms with Gasteiger partial charge in [-0.25, -0.2) is 0 Å². The van der Waals surface area contributed by atoms with E-state index in [2.05, 4.69) is 19.1 Å². The molecule has 3 nitrogen and oxygen atoms in total. The van der Waals surface area contributed by atoms with E-state index >= 15 is 0 Å². The molecule has 0 radical (unpaired) electrons. The molecule has 0 bridgehead atoms. The van der Waals surface area contributed by atoms with Crippen molar-refractivity contribution in [1.29, 1.82) is 0 Å². The van der Waals surface area contributed by atoms with Crippen molar-refractivity contribution < 1.29 is 4.74 Å². The summed E-state index contributed by atoms with van der Waals surface area (Å²) in [4.78, 5) is 0. The summed E-state index contributed by atoms with van der Waals surface area (Å²) >= 11 is 0. The smallest absolute Gasteiger partial charge is 0.123 e. The molecule has 0 heterocycles. The lowest BCUT2D eigenvalue weighted by molar-refractivity contribution is 0.103. The van der Waals surface area contributed by atoms with E-state index in [1.807, 2.05) is 6.07 Å². The molecule has 1 aliphatic rings. The van der Waals surface area contributed by atoms with Gasteiger partial charge in [0, 0.05) is 17.0 Å². The molecule has 4 N–H and O–H groups in total. The first-order valence-electron chi connectivity index (χ1n) is 6.79. The van der Waals surface area contributed by atoms with E-state index in [0.717, 1.165) is 30.6 Å². The fraction of sp³-hybridized carbons (Fsp3) is 0.600. The summed E-state index contributed by atoms with van der Waals surface area (Å²) in [6, 6.07) is 6.29. The topological polar surface area (TPSA) is 61.3 Å². The highest BCUT2D eigenvalue weighted by molar-refractivity contribution is 5.40. The summed E-state index contributed by atoms with van der Waals surface area (Å²) in [6.07, 6.45) is 4.51. The summed E-state index contributed by atoms with van der Waals surface area (Å²) < 4.78 is 5.45. The standard InChI is InChI=1S/C15H24N2O/c1-3-11-5-6-13(18-2)12(9-11)14(17)15(10-16)7-4-8-15/h5-6,9,14H,3-4,7-8,10,16-17H2,1-2H3. The maximum atomic E-state index is 6.49.